The Morgan fingerprint density at radius 3 is 2.62 bits per heavy atom. The minimum absolute atomic E-state index is 0.114. The fourth-order valence-corrected chi connectivity index (χ4v) is 4.28. The predicted octanol–water partition coefficient (Wildman–Crippen LogP) is 2.75. The first kappa shape index (κ1) is 19.8. The van der Waals surface area contributed by atoms with Gasteiger partial charge in [-0.1, -0.05) is 12.1 Å². The van der Waals surface area contributed by atoms with Crippen LogP contribution in [0.3, 0.4) is 0 Å². The van der Waals surface area contributed by atoms with Crippen molar-refractivity contribution < 1.29 is 18.3 Å². The van der Waals surface area contributed by atoms with E-state index >= 15 is 8.78 Å². The van der Waals surface area contributed by atoms with E-state index in [4.69, 9.17) is 4.74 Å². The molecule has 2 saturated heterocycles. The van der Waals surface area contributed by atoms with Crippen LogP contribution >= 0.6 is 0 Å². The van der Waals surface area contributed by atoms with Crippen molar-refractivity contribution >= 4 is 5.91 Å². The molecule has 0 aliphatic carbocycles. The summed E-state index contributed by atoms with van der Waals surface area (Å²) in [6, 6.07) is 7.39. The maximum atomic E-state index is 15.6. The molecule has 1 aromatic heterocycles. The van der Waals surface area contributed by atoms with Gasteiger partial charge in [-0.3, -0.25) is 14.4 Å². The second kappa shape index (κ2) is 7.09. The van der Waals surface area contributed by atoms with Gasteiger partial charge >= 0.3 is 0 Å². The van der Waals surface area contributed by atoms with Gasteiger partial charge in [-0.2, -0.15) is 5.10 Å². The number of alkyl halides is 2. The molecule has 2 aliphatic rings. The maximum Gasteiger partial charge on any atom is 0.265 e. The number of aromatic nitrogens is 2. The van der Waals surface area contributed by atoms with Crippen molar-refractivity contribution in [3.05, 3.63) is 47.8 Å². The van der Waals surface area contributed by atoms with Gasteiger partial charge in [0.1, 0.15) is 5.75 Å². The predicted molar refractivity (Wildman–Crippen MR) is 104 cm³/mol. The van der Waals surface area contributed by atoms with Gasteiger partial charge in [-0.15, -0.1) is 0 Å². The normalized spacial score (nSPS) is 27.1. The van der Waals surface area contributed by atoms with Crippen molar-refractivity contribution in [1.29, 1.82) is 0 Å². The maximum absolute atomic E-state index is 15.6. The molecule has 0 unspecified atom stereocenters. The molecule has 2 fully saturated rings. The van der Waals surface area contributed by atoms with Crippen LogP contribution in [0, 0.1) is 0 Å². The zero-order chi connectivity index (χ0) is 20.8. The molecule has 0 N–H and O–H groups in total. The summed E-state index contributed by atoms with van der Waals surface area (Å²) >= 11 is 0. The van der Waals surface area contributed by atoms with E-state index in [1.54, 1.807) is 36.4 Å². The highest BCUT2D eigenvalue weighted by atomic mass is 19.2. The topological polar surface area (TPSA) is 50.6 Å². The molecule has 0 saturated carbocycles. The average molecular weight is 404 g/mol. The van der Waals surface area contributed by atoms with E-state index in [-0.39, 0.29) is 32.2 Å². The molecule has 2 aliphatic heterocycles. The number of carbonyl (C=O) groups is 1. The van der Waals surface area contributed by atoms with E-state index in [9.17, 15) is 4.79 Å². The number of ether oxygens (including phenoxy) is 1. The van der Waals surface area contributed by atoms with Gasteiger partial charge in [0.15, 0.2) is 5.67 Å². The summed E-state index contributed by atoms with van der Waals surface area (Å²) in [5.41, 5.74) is -3.06. The zero-order valence-electron chi connectivity index (χ0n) is 16.9. The van der Waals surface area contributed by atoms with Gasteiger partial charge in [-0.05, 0) is 31.5 Å². The van der Waals surface area contributed by atoms with E-state index in [1.165, 1.54) is 4.90 Å². The molecule has 1 amide bonds. The number of fused-ring (bicyclic) bond motifs is 1. The molecule has 0 bridgehead atoms. The van der Waals surface area contributed by atoms with Gasteiger partial charge in [-0.25, -0.2) is 8.78 Å². The zero-order valence-corrected chi connectivity index (χ0v) is 16.9. The SMILES string of the molecule is COc1cccc(CN2C[C@@]3(F)CN(Cc4cnn(C(C)C)c4)C[C@@]3(F)C2=O)c1. The number of methoxy groups -OCH3 is 1. The Morgan fingerprint density at radius 1 is 1.17 bits per heavy atom. The number of halogens is 2. The smallest absolute Gasteiger partial charge is 0.265 e. The quantitative estimate of drug-likeness (QED) is 0.743. The van der Waals surface area contributed by atoms with Gasteiger partial charge in [0.25, 0.3) is 5.91 Å². The number of carbonyl (C=O) groups excluding carboxylic acids is 1. The third-order valence-corrected chi connectivity index (χ3v) is 5.79. The summed E-state index contributed by atoms with van der Waals surface area (Å²) < 4.78 is 38.2. The molecule has 29 heavy (non-hydrogen) atoms. The van der Waals surface area contributed by atoms with Crippen molar-refractivity contribution in [3.8, 4) is 5.75 Å². The number of nitrogens with zero attached hydrogens (tertiary/aromatic N) is 4. The molecule has 8 heteroatoms. The van der Waals surface area contributed by atoms with Crippen LogP contribution in [-0.2, 0) is 17.9 Å². The fraction of sp³-hybridized carbons (Fsp3) is 0.524. The standard InChI is InChI=1S/C21H26F2N4O2/c1-15(2)27-11-17(8-24-27)9-25-12-20(22)13-26(19(28)21(20,23)14-25)10-16-5-4-6-18(7-16)29-3/h4-8,11,15H,9-10,12-14H2,1-3H3/t20-,21+/m0/s1. The summed E-state index contributed by atoms with van der Waals surface area (Å²) in [7, 11) is 1.55. The Labute approximate surface area is 169 Å². The highest BCUT2D eigenvalue weighted by Crippen LogP contribution is 2.46. The number of rotatable bonds is 6. The van der Waals surface area contributed by atoms with E-state index in [1.807, 2.05) is 30.8 Å². The molecule has 6 nitrogen and oxygen atoms in total. The largest absolute Gasteiger partial charge is 0.497 e. The molecule has 0 radical (unpaired) electrons. The number of likely N-dealkylation sites (tertiary alicyclic amines) is 2. The Hall–Kier alpha value is -2.48. The summed E-state index contributed by atoms with van der Waals surface area (Å²) in [6.07, 6.45) is 3.59. The van der Waals surface area contributed by atoms with Gasteiger partial charge in [0.2, 0.25) is 5.67 Å². The minimum Gasteiger partial charge on any atom is -0.497 e. The Kier molecular flexibility index (Phi) is 4.85. The van der Waals surface area contributed by atoms with Crippen molar-refractivity contribution in [2.75, 3.05) is 26.7 Å². The van der Waals surface area contributed by atoms with Gasteiger partial charge in [0.05, 0.1) is 19.9 Å². The molecule has 2 aromatic rings. The Balaban J connectivity index is 1.46. The van der Waals surface area contributed by atoms with Crippen LogP contribution in [0.15, 0.2) is 36.7 Å². The van der Waals surface area contributed by atoms with Gasteiger partial charge < -0.3 is 9.64 Å². The molecule has 4 rings (SSSR count). The third-order valence-electron chi connectivity index (χ3n) is 5.79. The Morgan fingerprint density at radius 2 is 1.97 bits per heavy atom. The summed E-state index contributed by atoms with van der Waals surface area (Å²) in [5, 5.41) is 4.27. The molecular formula is C21H26F2N4O2. The number of benzene rings is 1. The van der Waals surface area contributed by atoms with E-state index < -0.39 is 17.2 Å². The second-order valence-electron chi connectivity index (χ2n) is 8.35. The lowest BCUT2D eigenvalue weighted by Crippen LogP contribution is -2.47. The van der Waals surface area contributed by atoms with Crippen LogP contribution in [0.2, 0.25) is 0 Å². The molecule has 1 aromatic carbocycles. The monoisotopic (exact) mass is 404 g/mol. The van der Waals surface area contributed by atoms with Crippen molar-refractivity contribution in [2.45, 2.75) is 44.3 Å². The van der Waals surface area contributed by atoms with Crippen LogP contribution < -0.4 is 4.74 Å². The fourth-order valence-electron chi connectivity index (χ4n) is 4.28. The first-order valence-corrected chi connectivity index (χ1v) is 9.79. The van der Waals surface area contributed by atoms with Gasteiger partial charge in [0, 0.05) is 44.0 Å². The lowest BCUT2D eigenvalue weighted by molar-refractivity contribution is -0.139. The molecule has 156 valence electrons. The van der Waals surface area contributed by atoms with Crippen LogP contribution in [0.25, 0.3) is 0 Å². The number of hydrogen-bond donors (Lipinski definition) is 0. The summed E-state index contributed by atoms with van der Waals surface area (Å²) in [6.45, 7) is 3.95. The molecule has 2 atom stereocenters. The lowest BCUT2D eigenvalue weighted by atomic mass is 9.93. The van der Waals surface area contributed by atoms with Crippen molar-refractivity contribution in [3.63, 3.8) is 0 Å². The number of amides is 1. The second-order valence-corrected chi connectivity index (χ2v) is 8.35. The van der Waals surface area contributed by atoms with E-state index in [2.05, 4.69) is 5.10 Å². The summed E-state index contributed by atoms with van der Waals surface area (Å²) in [5.74, 6) is -0.129. The lowest BCUT2D eigenvalue weighted by Gasteiger charge is -2.22. The first-order chi connectivity index (χ1) is 13.7. The van der Waals surface area contributed by atoms with Crippen LogP contribution in [0.1, 0.15) is 31.0 Å². The highest BCUT2D eigenvalue weighted by molar-refractivity contribution is 5.90. The van der Waals surface area contributed by atoms with Crippen LogP contribution in [0.4, 0.5) is 8.78 Å². The molecule has 3 heterocycles. The Bertz CT molecular complexity index is 918. The van der Waals surface area contributed by atoms with E-state index in [0.717, 1.165) is 11.1 Å². The average Bonchev–Trinajstić information content (AvgIpc) is 3.28. The first-order valence-electron chi connectivity index (χ1n) is 9.79. The number of hydrogen-bond acceptors (Lipinski definition) is 4. The third kappa shape index (κ3) is 3.39. The van der Waals surface area contributed by atoms with Crippen LogP contribution in [0.5, 0.6) is 5.75 Å². The molecule has 0 spiro atoms. The molecular weight excluding hydrogens is 378 g/mol. The minimum atomic E-state index is -2.51. The highest BCUT2D eigenvalue weighted by Gasteiger charge is 2.70. The van der Waals surface area contributed by atoms with Crippen molar-refractivity contribution in [2.24, 2.45) is 0 Å². The van der Waals surface area contributed by atoms with E-state index in [0.29, 0.717) is 12.3 Å². The summed E-state index contributed by atoms with van der Waals surface area (Å²) in [4.78, 5) is 15.8. The van der Waals surface area contributed by atoms with Crippen molar-refractivity contribution in [1.82, 2.24) is 19.6 Å². The van der Waals surface area contributed by atoms with Crippen LogP contribution in [-0.4, -0.2) is 63.6 Å².